The van der Waals surface area contributed by atoms with E-state index in [0.717, 1.165) is 24.5 Å². The average molecular weight is 259 g/mol. The van der Waals surface area contributed by atoms with E-state index in [-0.39, 0.29) is 0 Å². The molecule has 0 saturated heterocycles. The third-order valence-electron chi connectivity index (χ3n) is 3.94. The van der Waals surface area contributed by atoms with Gasteiger partial charge in [0.1, 0.15) is 5.84 Å². The number of aliphatic imine (C=N–C) groups is 1. The topological polar surface area (TPSA) is 41.6 Å². The summed E-state index contributed by atoms with van der Waals surface area (Å²) in [6.07, 6.45) is 13.0. The van der Waals surface area contributed by atoms with Gasteiger partial charge in [-0.05, 0) is 38.0 Å². The molecule has 0 bridgehead atoms. The molecule has 0 aromatic heterocycles. The molecular weight excluding hydrogens is 234 g/mol. The molecule has 104 valence electrons. The largest absolute Gasteiger partial charge is 0.382 e. The first-order valence-electron chi connectivity index (χ1n) is 7.33. The van der Waals surface area contributed by atoms with Crippen molar-refractivity contribution in [2.24, 2.45) is 22.6 Å². The van der Waals surface area contributed by atoms with Gasteiger partial charge in [-0.3, -0.25) is 0 Å². The fourth-order valence-corrected chi connectivity index (χ4v) is 2.87. The van der Waals surface area contributed by atoms with Crippen LogP contribution < -0.4 is 5.73 Å². The van der Waals surface area contributed by atoms with Crippen molar-refractivity contribution in [2.45, 2.75) is 46.5 Å². The monoisotopic (exact) mass is 259 g/mol. The third kappa shape index (κ3) is 2.91. The molecule has 2 aliphatic rings. The molecule has 3 heteroatoms. The minimum atomic E-state index is 0.627. The summed E-state index contributed by atoms with van der Waals surface area (Å²) in [6.45, 7) is 6.61. The van der Waals surface area contributed by atoms with Crippen molar-refractivity contribution >= 4 is 5.84 Å². The van der Waals surface area contributed by atoms with Crippen LogP contribution in [-0.4, -0.2) is 10.7 Å². The van der Waals surface area contributed by atoms with E-state index in [1.165, 1.54) is 18.5 Å². The SMILES string of the molecule is C/C=C(/C1CC(C)C1)N1C=CN=C(N)/C1=C\CCC. The number of hydrogen-bond acceptors (Lipinski definition) is 3. The van der Waals surface area contributed by atoms with E-state index in [1.807, 2.05) is 6.20 Å². The van der Waals surface area contributed by atoms with Gasteiger partial charge in [-0.2, -0.15) is 0 Å². The Morgan fingerprint density at radius 1 is 1.53 bits per heavy atom. The van der Waals surface area contributed by atoms with Gasteiger partial charge in [0.2, 0.25) is 0 Å². The molecule has 1 aliphatic carbocycles. The minimum Gasteiger partial charge on any atom is -0.382 e. The number of allylic oxidation sites excluding steroid dienone is 3. The Bertz CT molecular complexity index is 437. The van der Waals surface area contributed by atoms with Gasteiger partial charge in [-0.1, -0.05) is 32.4 Å². The first-order valence-corrected chi connectivity index (χ1v) is 7.33. The van der Waals surface area contributed by atoms with Gasteiger partial charge in [-0.15, -0.1) is 0 Å². The van der Waals surface area contributed by atoms with Gasteiger partial charge in [0.15, 0.2) is 0 Å². The second-order valence-electron chi connectivity index (χ2n) is 5.55. The van der Waals surface area contributed by atoms with E-state index in [1.54, 1.807) is 6.20 Å². The predicted octanol–water partition coefficient (Wildman–Crippen LogP) is 3.76. The van der Waals surface area contributed by atoms with Crippen LogP contribution in [0.25, 0.3) is 0 Å². The summed E-state index contributed by atoms with van der Waals surface area (Å²) in [7, 11) is 0. The molecule has 0 radical (unpaired) electrons. The van der Waals surface area contributed by atoms with Crippen LogP contribution in [0.2, 0.25) is 0 Å². The Morgan fingerprint density at radius 2 is 2.26 bits per heavy atom. The van der Waals surface area contributed by atoms with Gasteiger partial charge in [-0.25, -0.2) is 4.99 Å². The number of amidine groups is 1. The van der Waals surface area contributed by atoms with Crippen molar-refractivity contribution < 1.29 is 0 Å². The maximum Gasteiger partial charge on any atom is 0.147 e. The lowest BCUT2D eigenvalue weighted by atomic mass is 9.74. The van der Waals surface area contributed by atoms with E-state index >= 15 is 0 Å². The number of nitrogens with zero attached hydrogens (tertiary/aromatic N) is 2. The summed E-state index contributed by atoms with van der Waals surface area (Å²) >= 11 is 0. The maximum absolute atomic E-state index is 6.05. The van der Waals surface area contributed by atoms with Crippen LogP contribution in [0.3, 0.4) is 0 Å². The van der Waals surface area contributed by atoms with Crippen LogP contribution in [0.1, 0.15) is 46.5 Å². The second kappa shape index (κ2) is 6.09. The average Bonchev–Trinajstić information content (AvgIpc) is 2.37. The van der Waals surface area contributed by atoms with Gasteiger partial charge < -0.3 is 10.6 Å². The number of unbranched alkanes of at least 4 members (excludes halogenated alkanes) is 1. The van der Waals surface area contributed by atoms with Gasteiger partial charge in [0.05, 0.1) is 5.70 Å². The Hall–Kier alpha value is -1.51. The number of nitrogens with two attached hydrogens (primary N) is 1. The molecule has 2 rings (SSSR count). The molecule has 3 nitrogen and oxygen atoms in total. The molecular formula is C16H25N3. The van der Waals surface area contributed by atoms with E-state index < -0.39 is 0 Å². The lowest BCUT2D eigenvalue weighted by Crippen LogP contribution is -2.35. The van der Waals surface area contributed by atoms with Crippen LogP contribution in [0.5, 0.6) is 0 Å². The fraction of sp³-hybridized carbons (Fsp3) is 0.562. The highest BCUT2D eigenvalue weighted by Crippen LogP contribution is 2.41. The lowest BCUT2D eigenvalue weighted by Gasteiger charge is -2.40. The smallest absolute Gasteiger partial charge is 0.147 e. The van der Waals surface area contributed by atoms with E-state index in [4.69, 9.17) is 5.73 Å². The molecule has 19 heavy (non-hydrogen) atoms. The highest BCUT2D eigenvalue weighted by molar-refractivity contribution is 5.97. The molecule has 0 spiro atoms. The summed E-state index contributed by atoms with van der Waals surface area (Å²) in [4.78, 5) is 6.46. The summed E-state index contributed by atoms with van der Waals surface area (Å²) in [5.74, 6) is 2.14. The Balaban J connectivity index is 2.20. The Labute approximate surface area is 116 Å². The normalized spacial score (nSPS) is 29.4. The van der Waals surface area contributed by atoms with E-state index in [2.05, 4.69) is 42.8 Å². The van der Waals surface area contributed by atoms with Gasteiger partial charge >= 0.3 is 0 Å². The zero-order chi connectivity index (χ0) is 13.8. The highest BCUT2D eigenvalue weighted by atomic mass is 15.2. The van der Waals surface area contributed by atoms with E-state index in [0.29, 0.717) is 11.8 Å². The fourth-order valence-electron chi connectivity index (χ4n) is 2.87. The first kappa shape index (κ1) is 13.9. The summed E-state index contributed by atoms with van der Waals surface area (Å²) < 4.78 is 0. The third-order valence-corrected chi connectivity index (χ3v) is 3.94. The van der Waals surface area contributed by atoms with Crippen LogP contribution in [0, 0.1) is 11.8 Å². The summed E-state index contributed by atoms with van der Waals surface area (Å²) in [5.41, 5.74) is 8.47. The zero-order valence-electron chi connectivity index (χ0n) is 12.3. The number of hydrogen-bond donors (Lipinski definition) is 1. The van der Waals surface area contributed by atoms with Crippen molar-refractivity contribution in [1.29, 1.82) is 0 Å². The van der Waals surface area contributed by atoms with Crippen molar-refractivity contribution in [1.82, 2.24) is 4.90 Å². The Kier molecular flexibility index (Phi) is 4.46. The van der Waals surface area contributed by atoms with Crippen molar-refractivity contribution in [3.05, 3.63) is 35.9 Å². The van der Waals surface area contributed by atoms with Gasteiger partial charge in [0.25, 0.3) is 0 Å². The van der Waals surface area contributed by atoms with Gasteiger partial charge in [0, 0.05) is 18.1 Å². The first-order chi connectivity index (χ1) is 9.17. The zero-order valence-corrected chi connectivity index (χ0v) is 12.3. The van der Waals surface area contributed by atoms with Crippen LogP contribution in [-0.2, 0) is 0 Å². The van der Waals surface area contributed by atoms with Crippen molar-refractivity contribution in [2.75, 3.05) is 0 Å². The van der Waals surface area contributed by atoms with Crippen LogP contribution >= 0.6 is 0 Å². The highest BCUT2D eigenvalue weighted by Gasteiger charge is 2.32. The van der Waals surface area contributed by atoms with Crippen molar-refractivity contribution in [3.8, 4) is 0 Å². The molecule has 1 aliphatic heterocycles. The van der Waals surface area contributed by atoms with Crippen LogP contribution in [0.15, 0.2) is 40.9 Å². The molecule has 2 N–H and O–H groups in total. The summed E-state index contributed by atoms with van der Waals surface area (Å²) in [6, 6.07) is 0. The molecule has 0 atom stereocenters. The van der Waals surface area contributed by atoms with Crippen LogP contribution in [0.4, 0.5) is 0 Å². The number of rotatable bonds is 4. The predicted molar refractivity (Wildman–Crippen MR) is 81.2 cm³/mol. The molecule has 0 unspecified atom stereocenters. The molecule has 0 aromatic rings. The second-order valence-corrected chi connectivity index (χ2v) is 5.55. The van der Waals surface area contributed by atoms with E-state index in [9.17, 15) is 0 Å². The maximum atomic E-state index is 6.05. The lowest BCUT2D eigenvalue weighted by molar-refractivity contribution is 0.221. The summed E-state index contributed by atoms with van der Waals surface area (Å²) in [5, 5.41) is 0. The molecule has 1 fully saturated rings. The quantitative estimate of drug-likeness (QED) is 0.835. The standard InChI is InChI=1S/C16H25N3/c1-4-6-7-15-16(17)18-8-9-19(15)14(5-2)13-10-12(3)11-13/h5,7-9,12-13H,4,6,10-11H2,1-3H3,(H2,17,18)/b14-5-,15-7+. The minimum absolute atomic E-state index is 0.627. The Morgan fingerprint density at radius 3 is 2.84 bits per heavy atom. The van der Waals surface area contributed by atoms with Crippen molar-refractivity contribution in [3.63, 3.8) is 0 Å². The molecule has 1 saturated carbocycles. The molecule has 1 heterocycles. The molecule has 0 amide bonds. The molecule has 0 aromatic carbocycles.